The maximum absolute atomic E-state index is 3.57. The van der Waals surface area contributed by atoms with Crippen molar-refractivity contribution in [3.8, 4) is 0 Å². The van der Waals surface area contributed by atoms with E-state index < -0.39 is 0 Å². The molecule has 1 saturated heterocycles. The summed E-state index contributed by atoms with van der Waals surface area (Å²) in [5, 5.41) is 3.57. The Kier molecular flexibility index (Phi) is 4.04. The van der Waals surface area contributed by atoms with Crippen LogP contribution >= 0.6 is 0 Å². The SMILES string of the molecule is CC1CNCC(C)CN(C2CCCC2)C1. The van der Waals surface area contributed by atoms with Gasteiger partial charge in [-0.25, -0.2) is 0 Å². The van der Waals surface area contributed by atoms with Gasteiger partial charge in [-0.2, -0.15) is 0 Å². The van der Waals surface area contributed by atoms with Crippen LogP contribution in [0.3, 0.4) is 0 Å². The molecule has 0 bridgehead atoms. The second kappa shape index (κ2) is 5.31. The van der Waals surface area contributed by atoms with Crippen LogP contribution in [-0.4, -0.2) is 37.1 Å². The van der Waals surface area contributed by atoms with E-state index in [4.69, 9.17) is 0 Å². The van der Waals surface area contributed by atoms with E-state index in [0.29, 0.717) is 0 Å². The fourth-order valence-corrected chi connectivity index (χ4v) is 3.15. The number of hydrogen-bond acceptors (Lipinski definition) is 2. The monoisotopic (exact) mass is 210 g/mol. The minimum atomic E-state index is 0.818. The molecule has 1 saturated carbocycles. The van der Waals surface area contributed by atoms with Crippen LogP contribution in [0.25, 0.3) is 0 Å². The molecule has 2 aliphatic rings. The van der Waals surface area contributed by atoms with Gasteiger partial charge >= 0.3 is 0 Å². The number of nitrogens with zero attached hydrogens (tertiary/aromatic N) is 1. The molecule has 2 heteroatoms. The molecular weight excluding hydrogens is 184 g/mol. The molecule has 0 aromatic carbocycles. The van der Waals surface area contributed by atoms with Gasteiger partial charge in [0.15, 0.2) is 0 Å². The highest BCUT2D eigenvalue weighted by Crippen LogP contribution is 2.25. The van der Waals surface area contributed by atoms with Crippen LogP contribution < -0.4 is 5.32 Å². The van der Waals surface area contributed by atoms with E-state index in [1.54, 1.807) is 0 Å². The van der Waals surface area contributed by atoms with E-state index in [1.807, 2.05) is 0 Å². The van der Waals surface area contributed by atoms with Gasteiger partial charge < -0.3 is 5.32 Å². The molecule has 1 aliphatic carbocycles. The third-order valence-corrected chi connectivity index (χ3v) is 3.92. The van der Waals surface area contributed by atoms with E-state index in [-0.39, 0.29) is 0 Å². The molecule has 1 heterocycles. The molecule has 0 amide bonds. The normalized spacial score (nSPS) is 36.4. The first-order chi connectivity index (χ1) is 7.25. The number of hydrogen-bond donors (Lipinski definition) is 1. The van der Waals surface area contributed by atoms with Crippen LogP contribution in [-0.2, 0) is 0 Å². The predicted molar refractivity (Wildman–Crippen MR) is 65.0 cm³/mol. The molecule has 0 spiro atoms. The third kappa shape index (κ3) is 3.18. The maximum Gasteiger partial charge on any atom is 0.00955 e. The number of rotatable bonds is 1. The average molecular weight is 210 g/mol. The fraction of sp³-hybridized carbons (Fsp3) is 1.00. The van der Waals surface area contributed by atoms with E-state index >= 15 is 0 Å². The Morgan fingerprint density at radius 2 is 1.47 bits per heavy atom. The van der Waals surface area contributed by atoms with Crippen molar-refractivity contribution in [2.24, 2.45) is 11.8 Å². The average Bonchev–Trinajstić information content (AvgIpc) is 2.66. The Balaban J connectivity index is 1.92. The molecule has 0 radical (unpaired) electrons. The second-order valence-corrected chi connectivity index (χ2v) is 5.76. The van der Waals surface area contributed by atoms with Crippen LogP contribution in [0.5, 0.6) is 0 Å². The predicted octanol–water partition coefficient (Wildman–Crippen LogP) is 2.11. The highest BCUT2D eigenvalue weighted by Gasteiger charge is 2.26. The Labute approximate surface area is 94.4 Å². The number of nitrogens with one attached hydrogen (secondary N) is 1. The van der Waals surface area contributed by atoms with Gasteiger partial charge in [-0.1, -0.05) is 26.7 Å². The zero-order valence-corrected chi connectivity index (χ0v) is 10.3. The minimum absolute atomic E-state index is 0.818. The lowest BCUT2D eigenvalue weighted by Crippen LogP contribution is -2.46. The molecular formula is C13H26N2. The molecule has 2 nitrogen and oxygen atoms in total. The first-order valence-corrected chi connectivity index (χ1v) is 6.70. The zero-order valence-electron chi connectivity index (χ0n) is 10.3. The highest BCUT2D eigenvalue weighted by molar-refractivity contribution is 4.82. The topological polar surface area (TPSA) is 15.3 Å². The molecule has 2 rings (SSSR count). The van der Waals surface area contributed by atoms with E-state index in [1.165, 1.54) is 51.9 Å². The van der Waals surface area contributed by atoms with Crippen molar-refractivity contribution < 1.29 is 0 Å². The smallest absolute Gasteiger partial charge is 0.00955 e. The lowest BCUT2D eigenvalue weighted by molar-refractivity contribution is 0.135. The van der Waals surface area contributed by atoms with Gasteiger partial charge in [-0.05, 0) is 37.8 Å². The quantitative estimate of drug-likeness (QED) is 0.713. The summed E-state index contributed by atoms with van der Waals surface area (Å²) in [5.74, 6) is 1.64. The maximum atomic E-state index is 3.57. The first kappa shape index (κ1) is 11.4. The summed E-state index contributed by atoms with van der Waals surface area (Å²) in [4.78, 5) is 2.78. The van der Waals surface area contributed by atoms with E-state index in [9.17, 15) is 0 Å². The Morgan fingerprint density at radius 3 is 2.00 bits per heavy atom. The Hall–Kier alpha value is -0.0800. The summed E-state index contributed by atoms with van der Waals surface area (Å²) < 4.78 is 0. The minimum Gasteiger partial charge on any atom is -0.316 e. The van der Waals surface area contributed by atoms with Gasteiger partial charge in [-0.15, -0.1) is 0 Å². The van der Waals surface area contributed by atoms with E-state index in [0.717, 1.165) is 17.9 Å². The first-order valence-electron chi connectivity index (χ1n) is 6.70. The van der Waals surface area contributed by atoms with Crippen LogP contribution in [0.15, 0.2) is 0 Å². The molecule has 2 atom stereocenters. The molecule has 88 valence electrons. The van der Waals surface area contributed by atoms with Crippen molar-refractivity contribution >= 4 is 0 Å². The third-order valence-electron chi connectivity index (χ3n) is 3.92. The van der Waals surface area contributed by atoms with Gasteiger partial charge in [0.2, 0.25) is 0 Å². The summed E-state index contributed by atoms with van der Waals surface area (Å²) in [7, 11) is 0. The molecule has 1 N–H and O–H groups in total. The molecule has 1 aliphatic heterocycles. The lowest BCUT2D eigenvalue weighted by Gasteiger charge is -2.35. The lowest BCUT2D eigenvalue weighted by atomic mass is 10.0. The van der Waals surface area contributed by atoms with Gasteiger partial charge in [0, 0.05) is 19.1 Å². The van der Waals surface area contributed by atoms with Crippen molar-refractivity contribution in [3.05, 3.63) is 0 Å². The van der Waals surface area contributed by atoms with Crippen LogP contribution in [0, 0.1) is 11.8 Å². The van der Waals surface area contributed by atoms with Crippen molar-refractivity contribution in [2.75, 3.05) is 26.2 Å². The standard InChI is InChI=1S/C13H26N2/c1-11-7-14-8-12(2)10-15(9-11)13-5-3-4-6-13/h11-14H,3-10H2,1-2H3. The van der Waals surface area contributed by atoms with Gasteiger partial charge in [-0.3, -0.25) is 4.90 Å². The van der Waals surface area contributed by atoms with Gasteiger partial charge in [0.05, 0.1) is 0 Å². The Bertz CT molecular complexity index is 175. The Morgan fingerprint density at radius 1 is 0.933 bits per heavy atom. The fourth-order valence-electron chi connectivity index (χ4n) is 3.15. The summed E-state index contributed by atoms with van der Waals surface area (Å²) in [5.41, 5.74) is 0. The van der Waals surface area contributed by atoms with E-state index in [2.05, 4.69) is 24.1 Å². The highest BCUT2D eigenvalue weighted by atomic mass is 15.2. The second-order valence-electron chi connectivity index (χ2n) is 5.76. The van der Waals surface area contributed by atoms with Crippen molar-refractivity contribution in [2.45, 2.75) is 45.6 Å². The molecule has 0 aromatic heterocycles. The van der Waals surface area contributed by atoms with Crippen LogP contribution in [0.1, 0.15) is 39.5 Å². The molecule has 0 aromatic rings. The zero-order chi connectivity index (χ0) is 10.7. The summed E-state index contributed by atoms with van der Waals surface area (Å²) in [6.07, 6.45) is 5.82. The van der Waals surface area contributed by atoms with Crippen molar-refractivity contribution in [3.63, 3.8) is 0 Å². The van der Waals surface area contributed by atoms with Crippen LogP contribution in [0.2, 0.25) is 0 Å². The molecule has 15 heavy (non-hydrogen) atoms. The van der Waals surface area contributed by atoms with Crippen molar-refractivity contribution in [1.82, 2.24) is 10.2 Å². The largest absolute Gasteiger partial charge is 0.316 e. The van der Waals surface area contributed by atoms with Crippen molar-refractivity contribution in [1.29, 1.82) is 0 Å². The van der Waals surface area contributed by atoms with Crippen LogP contribution in [0.4, 0.5) is 0 Å². The summed E-state index contributed by atoms with van der Waals surface area (Å²) in [6, 6.07) is 0.910. The molecule has 2 unspecified atom stereocenters. The van der Waals surface area contributed by atoms with Gasteiger partial charge in [0.1, 0.15) is 0 Å². The summed E-state index contributed by atoms with van der Waals surface area (Å²) >= 11 is 0. The molecule has 2 fully saturated rings. The summed E-state index contributed by atoms with van der Waals surface area (Å²) in [6.45, 7) is 9.78. The van der Waals surface area contributed by atoms with Gasteiger partial charge in [0.25, 0.3) is 0 Å².